The van der Waals surface area contributed by atoms with Crippen LogP contribution < -0.4 is 0 Å². The van der Waals surface area contributed by atoms with Crippen molar-refractivity contribution in [2.24, 2.45) is 0 Å². The number of nitriles is 1. The van der Waals surface area contributed by atoms with Gasteiger partial charge in [0, 0.05) is 21.8 Å². The van der Waals surface area contributed by atoms with Crippen molar-refractivity contribution < 1.29 is 0 Å². The lowest BCUT2D eigenvalue weighted by atomic mass is 9.96. The summed E-state index contributed by atoms with van der Waals surface area (Å²) in [4.78, 5) is 7.65. The van der Waals surface area contributed by atoms with E-state index in [0.717, 1.165) is 77.2 Å². The van der Waals surface area contributed by atoms with Gasteiger partial charge < -0.3 is 9.13 Å². The fraction of sp³-hybridized carbons (Fsp3) is 0. The van der Waals surface area contributed by atoms with Crippen LogP contribution in [0.2, 0.25) is 0 Å². The van der Waals surface area contributed by atoms with Crippen LogP contribution in [0.5, 0.6) is 0 Å². The summed E-state index contributed by atoms with van der Waals surface area (Å²) in [6.07, 6.45) is 0. The molecule has 0 unspecified atom stereocenters. The maximum Gasteiger partial charge on any atom is 0.195 e. The molecule has 5 nitrogen and oxygen atoms in total. The fourth-order valence-electron chi connectivity index (χ4n) is 7.36. The van der Waals surface area contributed by atoms with Crippen molar-refractivity contribution in [3.63, 3.8) is 0 Å². The Balaban J connectivity index is 1.23. The number of rotatable bonds is 4. The van der Waals surface area contributed by atoms with E-state index in [1.54, 1.807) is 0 Å². The van der Waals surface area contributed by atoms with Crippen LogP contribution in [0.3, 0.4) is 0 Å². The molecule has 0 saturated heterocycles. The van der Waals surface area contributed by atoms with Gasteiger partial charge in [-0.15, -0.1) is 0 Å². The molecule has 0 atom stereocenters. The van der Waals surface area contributed by atoms with E-state index in [1.807, 2.05) is 84.9 Å². The van der Waals surface area contributed by atoms with Gasteiger partial charge in [0.2, 0.25) is 0 Å². The van der Waals surface area contributed by atoms with Crippen LogP contribution in [0.15, 0.2) is 152 Å². The van der Waals surface area contributed by atoms with Crippen LogP contribution >= 0.6 is 0 Å². The number of para-hydroxylation sites is 3. The Hall–Kier alpha value is -7.39. The minimum absolute atomic E-state index is 0.572. The molecule has 0 bridgehead atoms. The van der Waals surface area contributed by atoms with E-state index in [0.29, 0.717) is 16.9 Å². The molecule has 0 spiro atoms. The van der Waals surface area contributed by atoms with Crippen LogP contribution in [-0.4, -0.2) is 9.13 Å². The molecule has 230 valence electrons. The Bertz CT molecular complexity index is 2970. The highest BCUT2D eigenvalue weighted by atomic mass is 15.0. The first-order valence-electron chi connectivity index (χ1n) is 16.2. The molecule has 2 aromatic heterocycles. The van der Waals surface area contributed by atoms with Gasteiger partial charge in [0.25, 0.3) is 0 Å². The van der Waals surface area contributed by atoms with Crippen molar-refractivity contribution in [1.29, 1.82) is 5.26 Å². The fourth-order valence-corrected chi connectivity index (χ4v) is 7.36. The van der Waals surface area contributed by atoms with Gasteiger partial charge in [-0.1, -0.05) is 91.0 Å². The Kier molecular flexibility index (Phi) is 6.56. The number of hydrogen-bond acceptors (Lipinski definition) is 1. The van der Waals surface area contributed by atoms with Crippen LogP contribution in [0.1, 0.15) is 5.56 Å². The third kappa shape index (κ3) is 4.38. The third-order valence-electron chi connectivity index (χ3n) is 9.58. The molecule has 9 aromatic rings. The molecule has 0 aliphatic heterocycles. The zero-order valence-electron chi connectivity index (χ0n) is 26.7. The standard InChI is InChI=1S/C45H25N5/c1-47-32-20-23-44-39(27-32)36-14-4-6-15-41(36)49(44)33-11-9-10-30(25-33)31-19-21-40(48-2)37(26-31)34-12-3-7-16-42(34)50-43-17-8-5-13-35(43)38-24-29(28-46)18-22-45(38)50/h3-27H. The zero-order valence-corrected chi connectivity index (χ0v) is 26.7. The van der Waals surface area contributed by atoms with E-state index in [1.165, 1.54) is 0 Å². The van der Waals surface area contributed by atoms with Gasteiger partial charge in [0.05, 0.1) is 52.5 Å². The van der Waals surface area contributed by atoms with Crippen molar-refractivity contribution >= 4 is 55.0 Å². The first kappa shape index (κ1) is 28.8. The smallest absolute Gasteiger partial charge is 0.195 e. The molecular weight excluding hydrogens is 611 g/mol. The molecule has 9 rings (SSSR count). The van der Waals surface area contributed by atoms with Gasteiger partial charge >= 0.3 is 0 Å². The van der Waals surface area contributed by atoms with E-state index in [2.05, 4.69) is 91.6 Å². The minimum Gasteiger partial charge on any atom is -0.309 e. The maximum absolute atomic E-state index is 9.65. The van der Waals surface area contributed by atoms with E-state index in [9.17, 15) is 5.26 Å². The van der Waals surface area contributed by atoms with E-state index in [4.69, 9.17) is 13.1 Å². The summed E-state index contributed by atoms with van der Waals surface area (Å²) in [5.41, 5.74) is 11.8. The first-order valence-corrected chi connectivity index (χ1v) is 16.2. The van der Waals surface area contributed by atoms with Gasteiger partial charge in [-0.25, -0.2) is 9.69 Å². The van der Waals surface area contributed by atoms with Crippen LogP contribution in [0.25, 0.3) is 86.9 Å². The number of benzene rings is 7. The molecule has 0 aliphatic rings. The van der Waals surface area contributed by atoms with Crippen molar-refractivity contribution in [2.75, 3.05) is 0 Å². The molecule has 0 fully saturated rings. The first-order chi connectivity index (χ1) is 24.7. The van der Waals surface area contributed by atoms with Crippen LogP contribution in [-0.2, 0) is 0 Å². The zero-order chi connectivity index (χ0) is 33.8. The normalized spacial score (nSPS) is 11.1. The van der Waals surface area contributed by atoms with Gasteiger partial charge in [-0.2, -0.15) is 5.26 Å². The Morgan fingerprint density at radius 1 is 0.480 bits per heavy atom. The summed E-state index contributed by atoms with van der Waals surface area (Å²) in [5, 5.41) is 13.9. The predicted molar refractivity (Wildman–Crippen MR) is 203 cm³/mol. The van der Waals surface area contributed by atoms with Crippen LogP contribution in [0, 0.1) is 24.5 Å². The average Bonchev–Trinajstić information content (AvgIpc) is 3.69. The lowest BCUT2D eigenvalue weighted by Crippen LogP contribution is -1.97. The van der Waals surface area contributed by atoms with E-state index >= 15 is 0 Å². The SMILES string of the molecule is [C-]#[N+]c1ccc2c(c1)c1ccccc1n2-c1cccc(-c2ccc([N+]#[C-])c(-c3ccccc3-n3c4ccccc4c4cc(C#N)ccc43)c2)c1. The topological polar surface area (TPSA) is 42.4 Å². The second-order valence-electron chi connectivity index (χ2n) is 12.3. The molecule has 0 N–H and O–H groups in total. The molecule has 2 heterocycles. The monoisotopic (exact) mass is 635 g/mol. The van der Waals surface area contributed by atoms with Crippen LogP contribution in [0.4, 0.5) is 11.4 Å². The molecular formula is C45H25N5. The summed E-state index contributed by atoms with van der Waals surface area (Å²) in [7, 11) is 0. The Morgan fingerprint density at radius 2 is 1.14 bits per heavy atom. The predicted octanol–water partition coefficient (Wildman–Crippen LogP) is 12.2. The molecule has 7 aromatic carbocycles. The maximum atomic E-state index is 9.65. The highest BCUT2D eigenvalue weighted by Gasteiger charge is 2.19. The number of fused-ring (bicyclic) bond motifs is 6. The summed E-state index contributed by atoms with van der Waals surface area (Å²) in [5.74, 6) is 0. The molecule has 0 aliphatic carbocycles. The summed E-state index contributed by atoms with van der Waals surface area (Å²) in [6.45, 7) is 15.7. The molecule has 5 heteroatoms. The van der Waals surface area contributed by atoms with E-state index in [-0.39, 0.29) is 0 Å². The summed E-state index contributed by atoms with van der Waals surface area (Å²) < 4.78 is 4.50. The summed E-state index contributed by atoms with van der Waals surface area (Å²) in [6, 6.07) is 53.3. The largest absolute Gasteiger partial charge is 0.309 e. The quantitative estimate of drug-likeness (QED) is 0.177. The number of hydrogen-bond donors (Lipinski definition) is 0. The number of nitrogens with zero attached hydrogens (tertiary/aromatic N) is 5. The number of aromatic nitrogens is 2. The third-order valence-corrected chi connectivity index (χ3v) is 9.58. The van der Waals surface area contributed by atoms with Gasteiger partial charge in [-0.05, 0) is 88.3 Å². The van der Waals surface area contributed by atoms with Gasteiger partial charge in [0.1, 0.15) is 0 Å². The molecule has 0 radical (unpaired) electrons. The molecule has 0 saturated carbocycles. The van der Waals surface area contributed by atoms with Crippen molar-refractivity contribution in [3.8, 4) is 39.7 Å². The highest BCUT2D eigenvalue weighted by Crippen LogP contribution is 2.42. The molecule has 50 heavy (non-hydrogen) atoms. The van der Waals surface area contributed by atoms with Crippen molar-refractivity contribution in [1.82, 2.24) is 9.13 Å². The van der Waals surface area contributed by atoms with E-state index < -0.39 is 0 Å². The van der Waals surface area contributed by atoms with Crippen molar-refractivity contribution in [2.45, 2.75) is 0 Å². The highest BCUT2D eigenvalue weighted by molar-refractivity contribution is 6.11. The van der Waals surface area contributed by atoms with Gasteiger partial charge in [0.15, 0.2) is 11.4 Å². The van der Waals surface area contributed by atoms with Gasteiger partial charge in [-0.3, -0.25) is 0 Å². The lowest BCUT2D eigenvalue weighted by molar-refractivity contribution is 1.18. The molecule has 0 amide bonds. The summed E-state index contributed by atoms with van der Waals surface area (Å²) >= 11 is 0. The second-order valence-corrected chi connectivity index (χ2v) is 12.3. The Morgan fingerprint density at radius 3 is 1.92 bits per heavy atom. The minimum atomic E-state index is 0.572. The van der Waals surface area contributed by atoms with Crippen molar-refractivity contribution in [3.05, 3.63) is 180 Å². The second kappa shape index (κ2) is 11.4. The Labute approximate surface area is 288 Å². The average molecular weight is 636 g/mol. The lowest BCUT2D eigenvalue weighted by Gasteiger charge is -2.16.